The predicted molar refractivity (Wildman–Crippen MR) is 77.4 cm³/mol. The van der Waals surface area contributed by atoms with Crippen LogP contribution in [-0.4, -0.2) is 43.4 Å². The fourth-order valence-corrected chi connectivity index (χ4v) is 2.34. The van der Waals surface area contributed by atoms with Crippen molar-refractivity contribution in [1.82, 2.24) is 10.3 Å². The molecule has 1 saturated heterocycles. The quantitative estimate of drug-likeness (QED) is 0.881. The summed E-state index contributed by atoms with van der Waals surface area (Å²) in [5, 5.41) is 2.48. The molecule has 8 heteroatoms. The van der Waals surface area contributed by atoms with Crippen LogP contribution in [0.25, 0.3) is 10.9 Å². The van der Waals surface area contributed by atoms with E-state index in [0.29, 0.717) is 19.8 Å². The standard InChI is InChI=1S/C15H14F2N2O4/c16-11-3-9-13(4-12(11)17)18-6-10(14(9)20)15(21)19-5-8-7-22-1-2-23-8/h3-4,6,8H,1-2,5,7H2,(H,18,20)(H,19,21). The molecule has 6 nitrogen and oxygen atoms in total. The Hall–Kier alpha value is -2.32. The van der Waals surface area contributed by atoms with Crippen LogP contribution in [0.4, 0.5) is 8.78 Å². The van der Waals surface area contributed by atoms with Crippen LogP contribution in [0.2, 0.25) is 0 Å². The number of fused-ring (bicyclic) bond motifs is 1. The molecular weight excluding hydrogens is 310 g/mol. The Morgan fingerprint density at radius 2 is 2.09 bits per heavy atom. The molecule has 1 aromatic carbocycles. The fourth-order valence-electron chi connectivity index (χ4n) is 2.34. The molecular formula is C15H14F2N2O4. The SMILES string of the molecule is O=C(NCC1COCCO1)c1c[nH]c2cc(F)c(F)cc2c1=O. The second-order valence-corrected chi connectivity index (χ2v) is 5.12. The molecule has 0 aliphatic carbocycles. The number of hydrogen-bond acceptors (Lipinski definition) is 4. The second kappa shape index (κ2) is 6.43. The topological polar surface area (TPSA) is 80.4 Å². The zero-order valence-electron chi connectivity index (χ0n) is 12.0. The summed E-state index contributed by atoms with van der Waals surface area (Å²) in [6, 6.07) is 1.65. The van der Waals surface area contributed by atoms with Gasteiger partial charge < -0.3 is 19.8 Å². The number of aromatic amines is 1. The van der Waals surface area contributed by atoms with Gasteiger partial charge in [-0.15, -0.1) is 0 Å². The first-order valence-electron chi connectivity index (χ1n) is 7.04. The third-order valence-electron chi connectivity index (χ3n) is 3.54. The van der Waals surface area contributed by atoms with Gasteiger partial charge in [0.05, 0.1) is 31.4 Å². The van der Waals surface area contributed by atoms with Crippen molar-refractivity contribution in [2.24, 2.45) is 0 Å². The van der Waals surface area contributed by atoms with Gasteiger partial charge in [-0.2, -0.15) is 0 Å². The Kier molecular flexibility index (Phi) is 4.35. The third-order valence-corrected chi connectivity index (χ3v) is 3.54. The lowest BCUT2D eigenvalue weighted by Crippen LogP contribution is -2.40. The molecule has 1 atom stereocenters. The molecule has 1 aliphatic rings. The highest BCUT2D eigenvalue weighted by Gasteiger charge is 2.18. The van der Waals surface area contributed by atoms with E-state index < -0.39 is 23.0 Å². The molecule has 0 radical (unpaired) electrons. The lowest BCUT2D eigenvalue weighted by molar-refractivity contribution is -0.0855. The van der Waals surface area contributed by atoms with Crippen LogP contribution in [0.1, 0.15) is 10.4 Å². The summed E-state index contributed by atoms with van der Waals surface area (Å²) in [6.07, 6.45) is 0.897. The van der Waals surface area contributed by atoms with E-state index in [1.54, 1.807) is 0 Å². The van der Waals surface area contributed by atoms with Gasteiger partial charge in [-0.3, -0.25) is 9.59 Å². The average Bonchev–Trinajstić information content (AvgIpc) is 2.56. The van der Waals surface area contributed by atoms with E-state index >= 15 is 0 Å². The molecule has 0 spiro atoms. The van der Waals surface area contributed by atoms with E-state index in [2.05, 4.69) is 10.3 Å². The van der Waals surface area contributed by atoms with Gasteiger partial charge in [-0.25, -0.2) is 8.78 Å². The summed E-state index contributed by atoms with van der Waals surface area (Å²) in [7, 11) is 0. The van der Waals surface area contributed by atoms with E-state index in [1.807, 2.05) is 0 Å². The summed E-state index contributed by atoms with van der Waals surface area (Å²) in [6.45, 7) is 1.51. The van der Waals surface area contributed by atoms with Gasteiger partial charge >= 0.3 is 0 Å². The van der Waals surface area contributed by atoms with Crippen LogP contribution in [-0.2, 0) is 9.47 Å². The maximum Gasteiger partial charge on any atom is 0.256 e. The largest absolute Gasteiger partial charge is 0.376 e. The molecule has 1 unspecified atom stereocenters. The van der Waals surface area contributed by atoms with Crippen molar-refractivity contribution in [3.63, 3.8) is 0 Å². The molecule has 1 aliphatic heterocycles. The van der Waals surface area contributed by atoms with Crippen molar-refractivity contribution in [3.8, 4) is 0 Å². The van der Waals surface area contributed by atoms with Crippen LogP contribution < -0.4 is 10.7 Å². The first-order valence-corrected chi connectivity index (χ1v) is 7.04. The Balaban J connectivity index is 1.81. The molecule has 122 valence electrons. The van der Waals surface area contributed by atoms with Crippen molar-refractivity contribution < 1.29 is 23.0 Å². The van der Waals surface area contributed by atoms with Crippen LogP contribution in [0.3, 0.4) is 0 Å². The Morgan fingerprint density at radius 1 is 1.30 bits per heavy atom. The van der Waals surface area contributed by atoms with Crippen molar-refractivity contribution in [2.45, 2.75) is 6.10 Å². The number of halogens is 2. The lowest BCUT2D eigenvalue weighted by atomic mass is 10.1. The van der Waals surface area contributed by atoms with E-state index in [-0.39, 0.29) is 29.1 Å². The number of aromatic nitrogens is 1. The Bertz CT molecular complexity index is 800. The van der Waals surface area contributed by atoms with E-state index in [4.69, 9.17) is 9.47 Å². The van der Waals surface area contributed by atoms with Gasteiger partial charge in [-0.1, -0.05) is 0 Å². The highest BCUT2D eigenvalue weighted by molar-refractivity contribution is 5.97. The maximum atomic E-state index is 13.3. The van der Waals surface area contributed by atoms with E-state index in [1.165, 1.54) is 6.20 Å². The molecule has 23 heavy (non-hydrogen) atoms. The molecule has 1 amide bonds. The highest BCUT2D eigenvalue weighted by Crippen LogP contribution is 2.14. The molecule has 0 bridgehead atoms. The van der Waals surface area contributed by atoms with Crippen LogP contribution in [0, 0.1) is 11.6 Å². The molecule has 2 heterocycles. The summed E-state index contributed by atoms with van der Waals surface area (Å²) < 4.78 is 37.0. The number of pyridine rings is 1. The van der Waals surface area contributed by atoms with Gasteiger partial charge in [0.1, 0.15) is 5.56 Å². The minimum atomic E-state index is -1.15. The minimum absolute atomic E-state index is 0.0891. The van der Waals surface area contributed by atoms with Crippen molar-refractivity contribution >= 4 is 16.8 Å². The molecule has 2 N–H and O–H groups in total. The first-order chi connectivity index (χ1) is 11.1. The van der Waals surface area contributed by atoms with Crippen molar-refractivity contribution in [2.75, 3.05) is 26.4 Å². The average molecular weight is 324 g/mol. The fraction of sp³-hybridized carbons (Fsp3) is 0.333. The van der Waals surface area contributed by atoms with Gasteiger partial charge in [0.15, 0.2) is 11.6 Å². The van der Waals surface area contributed by atoms with Crippen LogP contribution in [0.5, 0.6) is 0 Å². The Morgan fingerprint density at radius 3 is 2.83 bits per heavy atom. The van der Waals surface area contributed by atoms with Gasteiger partial charge in [0.2, 0.25) is 5.43 Å². The number of hydrogen-bond donors (Lipinski definition) is 2. The third kappa shape index (κ3) is 3.22. The van der Waals surface area contributed by atoms with Crippen LogP contribution >= 0.6 is 0 Å². The normalized spacial score (nSPS) is 18.1. The number of H-pyrrole nitrogens is 1. The van der Waals surface area contributed by atoms with E-state index in [0.717, 1.165) is 12.1 Å². The molecule has 1 aromatic heterocycles. The Labute approximate surface area is 129 Å². The second-order valence-electron chi connectivity index (χ2n) is 5.12. The molecule has 1 fully saturated rings. The van der Waals surface area contributed by atoms with Gasteiger partial charge in [0, 0.05) is 24.2 Å². The lowest BCUT2D eigenvalue weighted by Gasteiger charge is -2.23. The number of ether oxygens (including phenoxy) is 2. The number of benzene rings is 1. The smallest absolute Gasteiger partial charge is 0.256 e. The summed E-state index contributed by atoms with van der Waals surface area (Å²) >= 11 is 0. The minimum Gasteiger partial charge on any atom is -0.376 e. The molecule has 3 rings (SSSR count). The monoisotopic (exact) mass is 324 g/mol. The molecule has 0 saturated carbocycles. The summed E-state index contributed by atoms with van der Waals surface area (Å²) in [4.78, 5) is 27.0. The van der Waals surface area contributed by atoms with Gasteiger partial charge in [0.25, 0.3) is 5.91 Å². The number of rotatable bonds is 3. The number of carbonyl (C=O) groups excluding carboxylic acids is 1. The van der Waals surface area contributed by atoms with Crippen molar-refractivity contribution in [1.29, 1.82) is 0 Å². The van der Waals surface area contributed by atoms with E-state index in [9.17, 15) is 18.4 Å². The summed E-state index contributed by atoms with van der Waals surface area (Å²) in [5.41, 5.74) is -0.731. The first kappa shape index (κ1) is 15.6. The zero-order valence-corrected chi connectivity index (χ0v) is 12.0. The maximum absolute atomic E-state index is 13.3. The van der Waals surface area contributed by atoms with Crippen LogP contribution in [0.15, 0.2) is 23.1 Å². The molecule has 2 aromatic rings. The number of nitrogens with one attached hydrogen (secondary N) is 2. The predicted octanol–water partition coefficient (Wildman–Crippen LogP) is 0.952. The summed E-state index contributed by atoms with van der Waals surface area (Å²) in [5.74, 6) is -2.83. The van der Waals surface area contributed by atoms with Crippen molar-refractivity contribution in [3.05, 3.63) is 45.8 Å². The highest BCUT2D eigenvalue weighted by atomic mass is 19.2. The van der Waals surface area contributed by atoms with Gasteiger partial charge in [-0.05, 0) is 6.07 Å². The zero-order chi connectivity index (χ0) is 16.4. The number of carbonyl (C=O) groups is 1. The number of amides is 1.